The first-order chi connectivity index (χ1) is 6.54. The van der Waals surface area contributed by atoms with Crippen molar-refractivity contribution < 1.29 is 0 Å². The van der Waals surface area contributed by atoms with Crippen LogP contribution in [-0.2, 0) is 6.54 Å². The number of hydrogen-bond donors (Lipinski definition) is 0. The van der Waals surface area contributed by atoms with Crippen LogP contribution < -0.4 is 5.56 Å². The molecular formula is C9H8Br2ClNO. The molecule has 0 radical (unpaired) electrons. The maximum absolute atomic E-state index is 11.6. The first-order valence-corrected chi connectivity index (χ1v) is 5.88. The van der Waals surface area contributed by atoms with E-state index < -0.39 is 0 Å². The van der Waals surface area contributed by atoms with Crippen LogP contribution in [0.25, 0.3) is 0 Å². The lowest BCUT2D eigenvalue weighted by Gasteiger charge is -2.06. The molecule has 0 aliphatic rings. The number of allylic oxidation sites excluding steroid dienone is 1. The first kappa shape index (κ1) is 12.0. The summed E-state index contributed by atoms with van der Waals surface area (Å²) in [5.41, 5.74) is 2.34. The normalized spacial score (nSPS) is 11.9. The van der Waals surface area contributed by atoms with Gasteiger partial charge in [-0.15, -0.1) is 0 Å². The van der Waals surface area contributed by atoms with Gasteiger partial charge in [0.05, 0.1) is 4.47 Å². The van der Waals surface area contributed by atoms with E-state index in [-0.39, 0.29) is 5.56 Å². The maximum Gasteiger partial charge on any atom is 0.265 e. The highest BCUT2D eigenvalue weighted by atomic mass is 79.9. The lowest BCUT2D eigenvalue weighted by Crippen LogP contribution is -2.20. The van der Waals surface area contributed by atoms with E-state index in [1.165, 1.54) is 5.54 Å². The highest BCUT2D eigenvalue weighted by Crippen LogP contribution is 2.13. The van der Waals surface area contributed by atoms with Crippen LogP contribution in [-0.4, -0.2) is 4.57 Å². The minimum atomic E-state index is -0.0638. The molecule has 1 aromatic heterocycles. The van der Waals surface area contributed by atoms with Crippen LogP contribution in [0.5, 0.6) is 0 Å². The largest absolute Gasteiger partial charge is 0.309 e. The Labute approximate surface area is 104 Å². The molecule has 5 heteroatoms. The molecule has 0 spiro atoms. The molecule has 0 aromatic carbocycles. The van der Waals surface area contributed by atoms with Crippen molar-refractivity contribution in [2.24, 2.45) is 0 Å². The Morgan fingerprint density at radius 1 is 1.64 bits per heavy atom. The van der Waals surface area contributed by atoms with E-state index in [0.717, 1.165) is 10.0 Å². The summed E-state index contributed by atoms with van der Waals surface area (Å²) in [5, 5.41) is 0. The average Bonchev–Trinajstić information content (AvgIpc) is 2.13. The zero-order valence-corrected chi connectivity index (χ0v) is 11.4. The Morgan fingerprint density at radius 2 is 2.29 bits per heavy atom. The van der Waals surface area contributed by atoms with Gasteiger partial charge in [-0.05, 0) is 50.4 Å². The molecule has 0 fully saturated rings. The number of pyridine rings is 1. The van der Waals surface area contributed by atoms with Gasteiger partial charge in [0.2, 0.25) is 0 Å². The number of halogens is 3. The highest BCUT2D eigenvalue weighted by molar-refractivity contribution is 9.11. The topological polar surface area (TPSA) is 22.0 Å². The van der Waals surface area contributed by atoms with Crippen LogP contribution >= 0.6 is 43.5 Å². The second kappa shape index (κ2) is 5.14. The van der Waals surface area contributed by atoms with Gasteiger partial charge < -0.3 is 4.57 Å². The lowest BCUT2D eigenvalue weighted by atomic mass is 10.3. The quantitative estimate of drug-likeness (QED) is 0.807. The summed E-state index contributed by atoms with van der Waals surface area (Å²) in [6.45, 7) is 2.37. The minimum Gasteiger partial charge on any atom is -0.309 e. The molecule has 0 saturated heterocycles. The van der Waals surface area contributed by atoms with E-state index in [4.69, 9.17) is 11.6 Å². The van der Waals surface area contributed by atoms with Gasteiger partial charge in [-0.1, -0.05) is 11.6 Å². The molecule has 1 heterocycles. The van der Waals surface area contributed by atoms with Crippen LogP contribution in [0.4, 0.5) is 0 Å². The molecule has 0 amide bonds. The van der Waals surface area contributed by atoms with E-state index in [1.54, 1.807) is 16.8 Å². The van der Waals surface area contributed by atoms with E-state index >= 15 is 0 Å². The molecule has 0 atom stereocenters. The zero-order valence-electron chi connectivity index (χ0n) is 7.43. The average molecular weight is 341 g/mol. The van der Waals surface area contributed by atoms with Gasteiger partial charge in [0.1, 0.15) is 0 Å². The van der Waals surface area contributed by atoms with Gasteiger partial charge in [0, 0.05) is 22.7 Å². The monoisotopic (exact) mass is 339 g/mol. The molecular weight excluding hydrogens is 333 g/mol. The minimum absolute atomic E-state index is 0.0638. The number of nitrogens with zero attached hydrogens (tertiary/aromatic N) is 1. The van der Waals surface area contributed by atoms with E-state index in [2.05, 4.69) is 31.9 Å². The summed E-state index contributed by atoms with van der Waals surface area (Å²) in [5.74, 6) is 0. The fourth-order valence-electron chi connectivity index (χ4n) is 0.985. The predicted octanol–water partition coefficient (Wildman–Crippen LogP) is 3.52. The Hall–Kier alpha value is -0.0600. The zero-order chi connectivity index (χ0) is 10.7. The van der Waals surface area contributed by atoms with Gasteiger partial charge in [0.15, 0.2) is 0 Å². The fraction of sp³-hybridized carbons (Fsp3) is 0.222. The molecule has 0 unspecified atom stereocenters. The molecule has 0 aliphatic carbocycles. The van der Waals surface area contributed by atoms with Crippen molar-refractivity contribution in [1.82, 2.24) is 4.57 Å². The lowest BCUT2D eigenvalue weighted by molar-refractivity contribution is 0.740. The molecule has 0 bridgehead atoms. The third-order valence-corrected chi connectivity index (χ3v) is 2.99. The van der Waals surface area contributed by atoms with Crippen molar-refractivity contribution in [3.05, 3.63) is 42.7 Å². The van der Waals surface area contributed by atoms with Gasteiger partial charge in [0.25, 0.3) is 5.56 Å². The van der Waals surface area contributed by atoms with Crippen molar-refractivity contribution in [2.45, 2.75) is 13.5 Å². The number of hydrogen-bond acceptors (Lipinski definition) is 1. The SMILES string of the molecule is C/C(=C/Cl)Cn1cc(Br)cc(Br)c1=O. The highest BCUT2D eigenvalue weighted by Gasteiger charge is 2.03. The maximum atomic E-state index is 11.6. The summed E-state index contributed by atoms with van der Waals surface area (Å²) in [7, 11) is 0. The van der Waals surface area contributed by atoms with E-state index in [0.29, 0.717) is 11.0 Å². The molecule has 2 nitrogen and oxygen atoms in total. The first-order valence-electron chi connectivity index (χ1n) is 3.86. The van der Waals surface area contributed by atoms with Crippen LogP contribution in [0, 0.1) is 0 Å². The van der Waals surface area contributed by atoms with Crippen LogP contribution in [0.1, 0.15) is 6.92 Å². The molecule has 0 N–H and O–H groups in total. The molecule has 76 valence electrons. The fourth-order valence-corrected chi connectivity index (χ4v) is 2.31. The summed E-state index contributed by atoms with van der Waals surface area (Å²) in [6, 6.07) is 1.72. The second-order valence-corrected chi connectivity index (χ2v) is 4.88. The van der Waals surface area contributed by atoms with Crippen LogP contribution in [0.2, 0.25) is 0 Å². The molecule has 14 heavy (non-hydrogen) atoms. The van der Waals surface area contributed by atoms with E-state index in [9.17, 15) is 4.79 Å². The third kappa shape index (κ3) is 2.97. The Balaban J connectivity index is 3.15. The van der Waals surface area contributed by atoms with Crippen molar-refractivity contribution in [3.8, 4) is 0 Å². The molecule has 1 aromatic rings. The molecule has 1 rings (SSSR count). The van der Waals surface area contributed by atoms with Crippen molar-refractivity contribution in [3.63, 3.8) is 0 Å². The van der Waals surface area contributed by atoms with E-state index in [1.807, 2.05) is 6.92 Å². The van der Waals surface area contributed by atoms with Gasteiger partial charge in [-0.25, -0.2) is 0 Å². The van der Waals surface area contributed by atoms with Gasteiger partial charge in [-0.3, -0.25) is 4.79 Å². The van der Waals surface area contributed by atoms with Crippen molar-refractivity contribution in [2.75, 3.05) is 0 Å². The summed E-state index contributed by atoms with van der Waals surface area (Å²) >= 11 is 12.0. The second-order valence-electron chi connectivity index (χ2n) is 2.89. The summed E-state index contributed by atoms with van der Waals surface area (Å²) in [6.07, 6.45) is 1.73. The van der Waals surface area contributed by atoms with Crippen molar-refractivity contribution >= 4 is 43.5 Å². The van der Waals surface area contributed by atoms with Gasteiger partial charge in [-0.2, -0.15) is 0 Å². The Bertz CT molecular complexity index is 425. The summed E-state index contributed by atoms with van der Waals surface area (Å²) < 4.78 is 2.98. The predicted molar refractivity (Wildman–Crippen MR) is 65.7 cm³/mol. The Kier molecular flexibility index (Phi) is 4.41. The number of aromatic nitrogens is 1. The number of rotatable bonds is 2. The molecule has 0 aliphatic heterocycles. The van der Waals surface area contributed by atoms with Crippen molar-refractivity contribution in [1.29, 1.82) is 0 Å². The molecule has 0 saturated carbocycles. The van der Waals surface area contributed by atoms with Crippen LogP contribution in [0.3, 0.4) is 0 Å². The van der Waals surface area contributed by atoms with Gasteiger partial charge >= 0.3 is 0 Å². The smallest absolute Gasteiger partial charge is 0.265 e. The van der Waals surface area contributed by atoms with Crippen LogP contribution in [0.15, 0.2) is 37.1 Å². The summed E-state index contributed by atoms with van der Waals surface area (Å²) in [4.78, 5) is 11.6. The standard InChI is InChI=1S/C9H8Br2ClNO/c1-6(3-12)4-13-5-7(10)2-8(11)9(13)14/h2-3,5H,4H2,1H3/b6-3-. The Morgan fingerprint density at radius 3 is 2.86 bits per heavy atom. The third-order valence-electron chi connectivity index (χ3n) is 1.61.